The maximum atomic E-state index is 4.00. The predicted octanol–water partition coefficient (Wildman–Crippen LogP) is 13.4. The molecule has 6 aromatic rings. The van der Waals surface area contributed by atoms with Gasteiger partial charge in [-0.3, -0.25) is 0 Å². The van der Waals surface area contributed by atoms with Crippen molar-refractivity contribution in [2.24, 2.45) is 0 Å². The largest absolute Gasteiger partial charge is 0.360 e. The van der Waals surface area contributed by atoms with Crippen LogP contribution in [0.4, 0.5) is 11.4 Å². The van der Waals surface area contributed by atoms with Gasteiger partial charge in [0, 0.05) is 17.4 Å². The van der Waals surface area contributed by atoms with Gasteiger partial charge in [0.05, 0.1) is 17.4 Å². The molecule has 2 nitrogen and oxygen atoms in total. The number of para-hydroxylation sites is 1. The summed E-state index contributed by atoms with van der Waals surface area (Å²) < 4.78 is 0. The van der Waals surface area contributed by atoms with E-state index in [-0.39, 0.29) is 12.2 Å². The van der Waals surface area contributed by atoms with Crippen molar-refractivity contribution in [3.63, 3.8) is 0 Å². The second-order valence-corrected chi connectivity index (χ2v) is 16.3. The van der Waals surface area contributed by atoms with Gasteiger partial charge in [0.1, 0.15) is 6.17 Å². The van der Waals surface area contributed by atoms with E-state index in [9.17, 15) is 0 Å². The SMILES string of the molecule is C1=CCC2C(=C1)c1ccccc1-c1cccc3c1N2C(c1cccc(C2C=CCC(c4cccc(-c5ccc6c7c5C=CCC7c5ccccc5-6)c4)C2)c1)N3. The maximum absolute atomic E-state index is 4.00. The topological polar surface area (TPSA) is 15.3 Å². The molecule has 6 aliphatic rings. The summed E-state index contributed by atoms with van der Waals surface area (Å²) in [6, 6.07) is 48.8. The quantitative estimate of drug-likeness (QED) is 0.184. The van der Waals surface area contributed by atoms with E-state index in [4.69, 9.17) is 0 Å². The molecule has 4 aliphatic carbocycles. The van der Waals surface area contributed by atoms with Gasteiger partial charge in [0.25, 0.3) is 0 Å². The fourth-order valence-electron chi connectivity index (χ4n) is 11.0. The third kappa shape index (κ3) is 4.74. The van der Waals surface area contributed by atoms with Crippen molar-refractivity contribution in [3.8, 4) is 33.4 Å². The molecule has 5 atom stereocenters. The minimum absolute atomic E-state index is 0.0557. The van der Waals surface area contributed by atoms with E-state index in [1.807, 2.05) is 0 Å². The molecule has 55 heavy (non-hydrogen) atoms. The van der Waals surface area contributed by atoms with E-state index in [0.29, 0.717) is 17.8 Å². The van der Waals surface area contributed by atoms with Crippen molar-refractivity contribution in [1.29, 1.82) is 0 Å². The summed E-state index contributed by atoms with van der Waals surface area (Å²) in [6.45, 7) is 0. The molecule has 0 saturated heterocycles. The van der Waals surface area contributed by atoms with Crippen molar-refractivity contribution in [1.82, 2.24) is 0 Å². The summed E-state index contributed by atoms with van der Waals surface area (Å²) in [4.78, 5) is 2.69. The third-order valence-electron chi connectivity index (χ3n) is 13.4. The third-order valence-corrected chi connectivity index (χ3v) is 13.4. The Labute approximate surface area is 323 Å². The monoisotopic (exact) mass is 706 g/mol. The van der Waals surface area contributed by atoms with Crippen LogP contribution in [0.5, 0.6) is 0 Å². The van der Waals surface area contributed by atoms with Crippen molar-refractivity contribution in [2.45, 2.75) is 55.6 Å². The highest BCUT2D eigenvalue weighted by atomic mass is 15.4. The first-order chi connectivity index (χ1) is 27.3. The highest BCUT2D eigenvalue weighted by Crippen LogP contribution is 2.55. The molecule has 0 aromatic heterocycles. The molecule has 0 fully saturated rings. The van der Waals surface area contributed by atoms with E-state index >= 15 is 0 Å². The molecule has 2 aliphatic heterocycles. The van der Waals surface area contributed by atoms with Gasteiger partial charge in [0.15, 0.2) is 0 Å². The first-order valence-corrected chi connectivity index (χ1v) is 20.2. The van der Waals surface area contributed by atoms with Crippen LogP contribution in [0.3, 0.4) is 0 Å². The number of nitrogens with one attached hydrogen (secondary N) is 1. The number of hydrogen-bond acceptors (Lipinski definition) is 2. The second-order valence-electron chi connectivity index (χ2n) is 16.3. The summed E-state index contributed by atoms with van der Waals surface area (Å²) in [7, 11) is 0. The first-order valence-electron chi connectivity index (χ1n) is 20.2. The van der Waals surface area contributed by atoms with Crippen LogP contribution in [0.1, 0.15) is 88.5 Å². The number of rotatable bonds is 4. The molecule has 264 valence electrons. The van der Waals surface area contributed by atoms with Crippen LogP contribution in [-0.2, 0) is 0 Å². The average molecular weight is 707 g/mol. The van der Waals surface area contributed by atoms with Crippen LogP contribution in [-0.4, -0.2) is 6.04 Å². The van der Waals surface area contributed by atoms with Gasteiger partial charge in [-0.05, 0) is 110 Å². The molecule has 2 heteroatoms. The number of fused-ring (bicyclic) bond motifs is 8. The van der Waals surface area contributed by atoms with Gasteiger partial charge >= 0.3 is 0 Å². The number of nitrogens with zero attached hydrogens (tertiary/aromatic N) is 1. The molecule has 6 aromatic carbocycles. The lowest BCUT2D eigenvalue weighted by molar-refractivity contribution is 0.565. The molecule has 5 unspecified atom stereocenters. The van der Waals surface area contributed by atoms with E-state index in [0.717, 1.165) is 25.7 Å². The molecule has 0 radical (unpaired) electrons. The molecule has 0 amide bonds. The zero-order valence-corrected chi connectivity index (χ0v) is 30.8. The Morgan fingerprint density at radius 2 is 1.38 bits per heavy atom. The molecule has 0 spiro atoms. The van der Waals surface area contributed by atoms with Crippen LogP contribution in [0.25, 0.3) is 45.0 Å². The Morgan fingerprint density at radius 1 is 0.582 bits per heavy atom. The van der Waals surface area contributed by atoms with Crippen molar-refractivity contribution in [2.75, 3.05) is 10.2 Å². The minimum Gasteiger partial charge on any atom is -0.360 e. The lowest BCUT2D eigenvalue weighted by atomic mass is 9.78. The Kier molecular flexibility index (Phi) is 6.93. The van der Waals surface area contributed by atoms with E-state index in [2.05, 4.69) is 180 Å². The molecule has 0 bridgehead atoms. The van der Waals surface area contributed by atoms with Crippen LogP contribution < -0.4 is 10.2 Å². The van der Waals surface area contributed by atoms with Crippen molar-refractivity contribution in [3.05, 3.63) is 203 Å². The summed E-state index contributed by atoms with van der Waals surface area (Å²) in [5.74, 6) is 1.31. The number of anilines is 2. The fourth-order valence-corrected chi connectivity index (χ4v) is 11.0. The Morgan fingerprint density at radius 3 is 2.35 bits per heavy atom. The van der Waals surface area contributed by atoms with Gasteiger partial charge < -0.3 is 10.2 Å². The maximum Gasteiger partial charge on any atom is 0.126 e. The smallest absolute Gasteiger partial charge is 0.126 e. The van der Waals surface area contributed by atoms with E-state index in [1.165, 1.54) is 89.3 Å². The second kappa shape index (κ2) is 12.2. The predicted molar refractivity (Wildman–Crippen MR) is 229 cm³/mol. The highest BCUT2D eigenvalue weighted by molar-refractivity contribution is 6.00. The average Bonchev–Trinajstić information content (AvgIpc) is 3.77. The molecule has 12 rings (SSSR count). The van der Waals surface area contributed by atoms with E-state index in [1.54, 1.807) is 0 Å². The lowest BCUT2D eigenvalue weighted by Gasteiger charge is -2.37. The highest BCUT2D eigenvalue weighted by Gasteiger charge is 2.41. The number of benzene rings is 6. The number of allylic oxidation sites excluding steroid dienone is 5. The summed E-state index contributed by atoms with van der Waals surface area (Å²) in [6.07, 6.45) is 20.9. The van der Waals surface area contributed by atoms with Crippen LogP contribution in [0, 0.1) is 0 Å². The summed E-state index contributed by atoms with van der Waals surface area (Å²) in [5, 5.41) is 4.00. The van der Waals surface area contributed by atoms with Crippen molar-refractivity contribution >= 4 is 23.0 Å². The van der Waals surface area contributed by atoms with Gasteiger partial charge in [-0.1, -0.05) is 164 Å². The normalized spacial score (nSPS) is 23.2. The van der Waals surface area contributed by atoms with Gasteiger partial charge in [-0.15, -0.1) is 0 Å². The molecule has 0 saturated carbocycles. The van der Waals surface area contributed by atoms with Gasteiger partial charge in [-0.25, -0.2) is 0 Å². The zero-order valence-electron chi connectivity index (χ0n) is 30.8. The number of hydrogen-bond donors (Lipinski definition) is 1. The van der Waals surface area contributed by atoms with E-state index < -0.39 is 0 Å². The van der Waals surface area contributed by atoms with Crippen molar-refractivity contribution < 1.29 is 0 Å². The standard InChI is InChI=1S/C53H42N2/c1-4-21-43-40(18-1)44-22-5-6-27-50(44)55-52-48(43)25-11-26-49(52)54-53(55)38-17-9-15-36(32-38)34-13-7-12-33(30-34)35-14-8-16-37(31-35)39-28-29-47-42-20-3-2-19-41(42)46-24-10-23-45(39)51(46)47/h1-11,13-23,25-26,28-29,31-34,46,50,53-54H,12,24,27,30H2. The Bertz CT molecular complexity index is 2690. The molecule has 1 N–H and O–H groups in total. The van der Waals surface area contributed by atoms with Crippen LogP contribution >= 0.6 is 0 Å². The summed E-state index contributed by atoms with van der Waals surface area (Å²) >= 11 is 0. The Balaban J connectivity index is 0.857. The van der Waals surface area contributed by atoms with Crippen LogP contribution in [0.2, 0.25) is 0 Å². The van der Waals surface area contributed by atoms with Crippen LogP contribution in [0.15, 0.2) is 164 Å². The Hall–Kier alpha value is -6.12. The fraction of sp³-hybridized carbons (Fsp3) is 0.170. The summed E-state index contributed by atoms with van der Waals surface area (Å²) in [5.41, 5.74) is 22.1. The lowest BCUT2D eigenvalue weighted by Crippen LogP contribution is -2.38. The first kappa shape index (κ1) is 31.3. The molecular formula is C53H42N2. The van der Waals surface area contributed by atoms with Gasteiger partial charge in [-0.2, -0.15) is 0 Å². The van der Waals surface area contributed by atoms with Gasteiger partial charge in [0.2, 0.25) is 0 Å². The minimum atomic E-state index is 0.0557. The zero-order chi connectivity index (χ0) is 36.0. The molecule has 2 heterocycles. The molecular weight excluding hydrogens is 665 g/mol.